The Bertz CT molecular complexity index is 781. The number of amides is 1. The first-order valence-electron chi connectivity index (χ1n) is 6.83. The second kappa shape index (κ2) is 5.83. The molecule has 3 N–H and O–H groups in total. The van der Waals surface area contributed by atoms with Gasteiger partial charge in [0.15, 0.2) is 5.71 Å². The number of hydrazone groups is 1. The predicted octanol–water partition coefficient (Wildman–Crippen LogP) is 2.61. The topological polar surface area (TPSA) is 73.7 Å². The molecule has 0 bridgehead atoms. The molecule has 2 aromatic rings. The van der Waals surface area contributed by atoms with Gasteiger partial charge in [-0.05, 0) is 12.1 Å². The average molecular weight is 293 g/mol. The van der Waals surface area contributed by atoms with E-state index in [-0.39, 0.29) is 18.2 Å². The maximum absolute atomic E-state index is 12.4. The van der Waals surface area contributed by atoms with Gasteiger partial charge >= 0.3 is 0 Å². The Morgan fingerprint density at radius 3 is 2.73 bits per heavy atom. The number of anilines is 2. The zero-order valence-corrected chi connectivity index (χ0v) is 11.8. The van der Waals surface area contributed by atoms with Crippen molar-refractivity contribution in [1.82, 2.24) is 0 Å². The van der Waals surface area contributed by atoms with Gasteiger partial charge in [0.2, 0.25) is 0 Å². The van der Waals surface area contributed by atoms with E-state index in [1.807, 2.05) is 24.3 Å². The first kappa shape index (κ1) is 14.0. The molecule has 5 heteroatoms. The molecular weight excluding hydrogens is 278 g/mol. The number of fused-ring (bicyclic) bond motifs is 1. The number of para-hydroxylation sites is 2. The summed E-state index contributed by atoms with van der Waals surface area (Å²) in [5, 5.41) is 16.2. The number of hydrogen-bond donors (Lipinski definition) is 3. The predicted molar refractivity (Wildman–Crippen MR) is 87.5 cm³/mol. The van der Waals surface area contributed by atoms with Crippen LogP contribution in [0.4, 0.5) is 11.4 Å². The van der Waals surface area contributed by atoms with Gasteiger partial charge in [0, 0.05) is 22.4 Å². The van der Waals surface area contributed by atoms with Crippen molar-refractivity contribution in [2.45, 2.75) is 6.61 Å². The Morgan fingerprint density at radius 1 is 1.18 bits per heavy atom. The molecule has 0 fully saturated rings. The summed E-state index contributed by atoms with van der Waals surface area (Å²) < 4.78 is 0. The van der Waals surface area contributed by atoms with Gasteiger partial charge in [0.25, 0.3) is 5.91 Å². The SMILES string of the molecule is C=C1C(C(=O)Nc2ccccc2CO)=NNc2ccccc21. The summed E-state index contributed by atoms with van der Waals surface area (Å²) in [5.74, 6) is -0.368. The first-order valence-corrected chi connectivity index (χ1v) is 6.83. The average Bonchev–Trinajstić information content (AvgIpc) is 2.56. The molecule has 5 nitrogen and oxygen atoms in total. The lowest BCUT2D eigenvalue weighted by Gasteiger charge is -2.19. The molecule has 1 aliphatic heterocycles. The van der Waals surface area contributed by atoms with Crippen molar-refractivity contribution in [2.75, 3.05) is 10.7 Å². The second-order valence-corrected chi connectivity index (χ2v) is 4.87. The Kier molecular flexibility index (Phi) is 3.72. The van der Waals surface area contributed by atoms with Crippen LogP contribution < -0.4 is 10.7 Å². The fourth-order valence-electron chi connectivity index (χ4n) is 2.30. The normalized spacial score (nSPS) is 13.0. The van der Waals surface area contributed by atoms with Crippen LogP contribution in [0.3, 0.4) is 0 Å². The lowest BCUT2D eigenvalue weighted by atomic mass is 9.99. The third-order valence-electron chi connectivity index (χ3n) is 3.48. The summed E-state index contributed by atoms with van der Waals surface area (Å²) in [7, 11) is 0. The van der Waals surface area contributed by atoms with E-state index in [2.05, 4.69) is 22.4 Å². The van der Waals surface area contributed by atoms with Crippen molar-refractivity contribution in [3.8, 4) is 0 Å². The van der Waals surface area contributed by atoms with Gasteiger partial charge in [0.05, 0.1) is 12.3 Å². The van der Waals surface area contributed by atoms with E-state index in [0.29, 0.717) is 16.8 Å². The van der Waals surface area contributed by atoms with E-state index in [1.54, 1.807) is 24.3 Å². The standard InChI is InChI=1S/C17H15N3O2/c1-11-13-7-3-5-9-15(13)19-20-16(11)17(22)18-14-8-4-2-6-12(14)10-21/h2-9,19,21H,1,10H2,(H,18,22). The van der Waals surface area contributed by atoms with Crippen molar-refractivity contribution in [2.24, 2.45) is 5.10 Å². The van der Waals surface area contributed by atoms with Crippen LogP contribution in [0.5, 0.6) is 0 Å². The van der Waals surface area contributed by atoms with E-state index in [1.165, 1.54) is 0 Å². The second-order valence-electron chi connectivity index (χ2n) is 4.87. The van der Waals surface area contributed by atoms with Gasteiger partial charge in [-0.3, -0.25) is 10.2 Å². The number of nitrogens with zero attached hydrogens (tertiary/aromatic N) is 1. The number of aliphatic hydroxyl groups is 1. The summed E-state index contributed by atoms with van der Waals surface area (Å²) >= 11 is 0. The van der Waals surface area contributed by atoms with Gasteiger partial charge in [-0.1, -0.05) is 43.0 Å². The molecule has 0 aliphatic carbocycles. The van der Waals surface area contributed by atoms with Crippen LogP contribution in [0.15, 0.2) is 60.2 Å². The zero-order chi connectivity index (χ0) is 15.5. The molecule has 3 rings (SSSR count). The number of carbonyl (C=O) groups excluding carboxylic acids is 1. The molecule has 1 amide bonds. The van der Waals surface area contributed by atoms with E-state index in [9.17, 15) is 9.90 Å². The van der Waals surface area contributed by atoms with Crippen molar-refractivity contribution in [3.63, 3.8) is 0 Å². The molecule has 22 heavy (non-hydrogen) atoms. The van der Waals surface area contributed by atoms with Crippen LogP contribution in [-0.4, -0.2) is 16.7 Å². The number of benzene rings is 2. The summed E-state index contributed by atoms with van der Waals surface area (Å²) in [6, 6.07) is 14.6. The molecule has 1 heterocycles. The fraction of sp³-hybridized carbons (Fsp3) is 0.0588. The largest absolute Gasteiger partial charge is 0.392 e. The van der Waals surface area contributed by atoms with Crippen LogP contribution in [0.1, 0.15) is 11.1 Å². The number of hydrogen-bond acceptors (Lipinski definition) is 4. The van der Waals surface area contributed by atoms with Gasteiger partial charge in [0.1, 0.15) is 0 Å². The Labute approximate surface area is 128 Å². The van der Waals surface area contributed by atoms with Gasteiger partial charge in [-0.25, -0.2) is 0 Å². The van der Waals surface area contributed by atoms with Crippen LogP contribution >= 0.6 is 0 Å². The summed E-state index contributed by atoms with van der Waals surface area (Å²) in [6.07, 6.45) is 0. The minimum absolute atomic E-state index is 0.148. The number of rotatable bonds is 3. The summed E-state index contributed by atoms with van der Waals surface area (Å²) in [5.41, 5.74) is 6.52. The highest BCUT2D eigenvalue weighted by Gasteiger charge is 2.23. The molecular formula is C17H15N3O2. The monoisotopic (exact) mass is 293 g/mol. The van der Waals surface area contributed by atoms with Gasteiger partial charge in [-0.15, -0.1) is 0 Å². The highest BCUT2D eigenvalue weighted by atomic mass is 16.3. The highest BCUT2D eigenvalue weighted by Crippen LogP contribution is 2.28. The van der Waals surface area contributed by atoms with Crippen LogP contribution in [0.25, 0.3) is 5.57 Å². The van der Waals surface area contributed by atoms with Crippen molar-refractivity contribution in [1.29, 1.82) is 0 Å². The third kappa shape index (κ3) is 2.49. The molecule has 2 aromatic carbocycles. The lowest BCUT2D eigenvalue weighted by Crippen LogP contribution is -2.27. The van der Waals surface area contributed by atoms with Gasteiger partial charge in [-0.2, -0.15) is 5.10 Å². The number of carbonyl (C=O) groups is 1. The first-order chi connectivity index (χ1) is 10.7. The Balaban J connectivity index is 1.85. The molecule has 0 saturated carbocycles. The van der Waals surface area contributed by atoms with E-state index in [0.717, 1.165) is 11.3 Å². The van der Waals surface area contributed by atoms with Crippen molar-refractivity contribution < 1.29 is 9.90 Å². The summed E-state index contributed by atoms with van der Waals surface area (Å²) in [6.45, 7) is 3.81. The molecule has 1 aliphatic rings. The minimum atomic E-state index is -0.368. The lowest BCUT2D eigenvalue weighted by molar-refractivity contribution is -0.110. The fourth-order valence-corrected chi connectivity index (χ4v) is 2.30. The molecule has 0 atom stereocenters. The zero-order valence-electron chi connectivity index (χ0n) is 11.8. The Morgan fingerprint density at radius 2 is 1.91 bits per heavy atom. The molecule has 0 radical (unpaired) electrons. The molecule has 0 spiro atoms. The minimum Gasteiger partial charge on any atom is -0.392 e. The molecule has 0 saturated heterocycles. The number of aliphatic hydroxyl groups excluding tert-OH is 1. The van der Waals surface area contributed by atoms with Gasteiger partial charge < -0.3 is 10.4 Å². The molecule has 110 valence electrons. The number of nitrogens with one attached hydrogen (secondary N) is 2. The maximum Gasteiger partial charge on any atom is 0.276 e. The Hall–Kier alpha value is -2.92. The van der Waals surface area contributed by atoms with Crippen molar-refractivity contribution in [3.05, 3.63) is 66.2 Å². The van der Waals surface area contributed by atoms with E-state index in [4.69, 9.17) is 0 Å². The highest BCUT2D eigenvalue weighted by molar-refractivity contribution is 6.59. The van der Waals surface area contributed by atoms with E-state index >= 15 is 0 Å². The van der Waals surface area contributed by atoms with Crippen LogP contribution in [0.2, 0.25) is 0 Å². The van der Waals surface area contributed by atoms with Crippen LogP contribution in [0, 0.1) is 0 Å². The quantitative estimate of drug-likeness (QED) is 0.814. The molecule has 0 aromatic heterocycles. The third-order valence-corrected chi connectivity index (χ3v) is 3.48. The maximum atomic E-state index is 12.4. The molecule has 0 unspecified atom stereocenters. The van der Waals surface area contributed by atoms with Crippen molar-refractivity contribution >= 4 is 28.6 Å². The summed E-state index contributed by atoms with van der Waals surface area (Å²) in [4.78, 5) is 12.4. The smallest absolute Gasteiger partial charge is 0.276 e. The van der Waals surface area contributed by atoms with E-state index < -0.39 is 0 Å². The van der Waals surface area contributed by atoms with Crippen LogP contribution in [-0.2, 0) is 11.4 Å².